The zero-order valence-electron chi connectivity index (χ0n) is 17.5. The summed E-state index contributed by atoms with van der Waals surface area (Å²) in [4.78, 5) is 29.5. The van der Waals surface area contributed by atoms with Gasteiger partial charge in [-0.05, 0) is 54.7 Å². The fraction of sp³-hybridized carbons (Fsp3) is 0.217. The summed E-state index contributed by atoms with van der Waals surface area (Å²) in [6.45, 7) is 0.317. The summed E-state index contributed by atoms with van der Waals surface area (Å²) >= 11 is 11.9. The Morgan fingerprint density at radius 3 is 2.79 bits per heavy atom. The van der Waals surface area contributed by atoms with Crippen molar-refractivity contribution >= 4 is 40.9 Å². The van der Waals surface area contributed by atoms with E-state index in [1.165, 1.54) is 25.3 Å². The minimum Gasteiger partial charge on any atom is -0.478 e. The number of hydrogen-bond donors (Lipinski definition) is 2. The number of halogens is 1. The summed E-state index contributed by atoms with van der Waals surface area (Å²) in [6.07, 6.45) is 1.84. The monoisotopic (exact) mass is 485 g/mol. The van der Waals surface area contributed by atoms with Gasteiger partial charge in [0.2, 0.25) is 0 Å². The van der Waals surface area contributed by atoms with Crippen molar-refractivity contribution in [2.75, 3.05) is 13.7 Å². The van der Waals surface area contributed by atoms with Gasteiger partial charge in [-0.3, -0.25) is 9.78 Å². The standard InChI is InChI=1S/C23H20ClN3O5S/c1-31-19(28)9-11-27-21(20(26-23(27)33)16-4-2-3-10-25-16)18-8-7-17(32-18)14-12-13(22(29)30)5-6-15(14)24/h2-8,10,12,20-21H,9,11H2,1H3,(H,26,33)(H,29,30). The number of carboxylic acids is 1. The maximum atomic E-state index is 11.8. The highest BCUT2D eigenvalue weighted by Gasteiger charge is 2.41. The SMILES string of the molecule is COC(=O)CCN1C(=S)NC(c2ccccn2)C1c1ccc(-c2cc(C(=O)O)ccc2Cl)o1. The number of carboxylic acid groups (broad SMARTS) is 1. The molecule has 1 aliphatic heterocycles. The molecule has 4 rings (SSSR count). The maximum absolute atomic E-state index is 11.8. The average molecular weight is 486 g/mol. The Morgan fingerprint density at radius 1 is 1.27 bits per heavy atom. The van der Waals surface area contributed by atoms with E-state index in [1.807, 2.05) is 23.1 Å². The van der Waals surface area contributed by atoms with E-state index < -0.39 is 12.0 Å². The highest BCUT2D eigenvalue weighted by Crippen LogP contribution is 2.41. The highest BCUT2D eigenvalue weighted by molar-refractivity contribution is 7.80. The van der Waals surface area contributed by atoms with Crippen molar-refractivity contribution in [3.8, 4) is 11.3 Å². The number of methoxy groups -OCH3 is 1. The van der Waals surface area contributed by atoms with Crippen LogP contribution in [0.1, 0.15) is 40.3 Å². The number of pyridine rings is 1. The van der Waals surface area contributed by atoms with Crippen molar-refractivity contribution < 1.29 is 23.8 Å². The summed E-state index contributed by atoms with van der Waals surface area (Å²) < 4.78 is 10.9. The normalized spacial score (nSPS) is 17.6. The molecule has 1 aliphatic rings. The van der Waals surface area contributed by atoms with Crippen LogP contribution in [0.25, 0.3) is 11.3 Å². The van der Waals surface area contributed by atoms with E-state index in [0.29, 0.717) is 33.8 Å². The molecule has 170 valence electrons. The van der Waals surface area contributed by atoms with Crippen LogP contribution in [0, 0.1) is 0 Å². The predicted molar refractivity (Wildman–Crippen MR) is 125 cm³/mol. The molecule has 33 heavy (non-hydrogen) atoms. The van der Waals surface area contributed by atoms with Crippen molar-refractivity contribution in [2.45, 2.75) is 18.5 Å². The first-order chi connectivity index (χ1) is 15.9. The van der Waals surface area contributed by atoms with E-state index in [2.05, 4.69) is 10.3 Å². The maximum Gasteiger partial charge on any atom is 0.335 e. The molecule has 3 heterocycles. The zero-order valence-corrected chi connectivity index (χ0v) is 19.1. The van der Waals surface area contributed by atoms with Crippen LogP contribution in [0.4, 0.5) is 0 Å². The lowest BCUT2D eigenvalue weighted by Crippen LogP contribution is -2.31. The van der Waals surface area contributed by atoms with Crippen LogP contribution in [0.15, 0.2) is 59.1 Å². The number of hydrogen-bond acceptors (Lipinski definition) is 6. The Hall–Kier alpha value is -3.43. The second-order valence-electron chi connectivity index (χ2n) is 7.35. The molecule has 1 saturated heterocycles. The quantitative estimate of drug-likeness (QED) is 0.375. The van der Waals surface area contributed by atoms with Crippen LogP contribution in [0.3, 0.4) is 0 Å². The molecule has 0 radical (unpaired) electrons. The molecule has 0 amide bonds. The summed E-state index contributed by atoms with van der Waals surface area (Å²) in [5.41, 5.74) is 1.32. The Balaban J connectivity index is 1.72. The lowest BCUT2D eigenvalue weighted by molar-refractivity contribution is -0.140. The highest BCUT2D eigenvalue weighted by atomic mass is 35.5. The number of aromatic carboxylic acids is 1. The molecule has 2 atom stereocenters. The smallest absolute Gasteiger partial charge is 0.335 e. The number of ether oxygens (including phenoxy) is 1. The second-order valence-corrected chi connectivity index (χ2v) is 8.14. The minimum atomic E-state index is -1.06. The number of thiocarbonyl (C=S) groups is 1. The Bertz CT molecular complexity index is 1200. The third-order valence-corrected chi connectivity index (χ3v) is 6.06. The Morgan fingerprint density at radius 2 is 2.09 bits per heavy atom. The lowest BCUT2D eigenvalue weighted by atomic mass is 10.0. The molecule has 10 heteroatoms. The third-order valence-electron chi connectivity index (χ3n) is 5.38. The van der Waals surface area contributed by atoms with Gasteiger partial charge in [0.05, 0.1) is 35.9 Å². The van der Waals surface area contributed by atoms with Crippen molar-refractivity contribution in [3.63, 3.8) is 0 Å². The fourth-order valence-electron chi connectivity index (χ4n) is 3.77. The van der Waals surface area contributed by atoms with Gasteiger partial charge in [0, 0.05) is 18.3 Å². The number of carbonyl (C=O) groups is 2. The zero-order chi connectivity index (χ0) is 23.5. The van der Waals surface area contributed by atoms with Gasteiger partial charge >= 0.3 is 11.9 Å². The topological polar surface area (TPSA) is 105 Å². The van der Waals surface area contributed by atoms with Gasteiger partial charge in [0.1, 0.15) is 17.6 Å². The van der Waals surface area contributed by atoms with E-state index in [9.17, 15) is 14.7 Å². The number of benzene rings is 1. The first-order valence-corrected chi connectivity index (χ1v) is 10.9. The summed E-state index contributed by atoms with van der Waals surface area (Å²) in [7, 11) is 1.34. The number of rotatable bonds is 7. The molecule has 1 aromatic carbocycles. The molecule has 1 fully saturated rings. The molecule has 2 N–H and O–H groups in total. The van der Waals surface area contributed by atoms with Crippen LogP contribution in [-0.4, -0.2) is 45.7 Å². The largest absolute Gasteiger partial charge is 0.478 e. The van der Waals surface area contributed by atoms with Crippen LogP contribution in [0.5, 0.6) is 0 Å². The number of esters is 1. The second kappa shape index (κ2) is 9.60. The molecule has 0 saturated carbocycles. The van der Waals surface area contributed by atoms with Gasteiger partial charge in [-0.25, -0.2) is 4.79 Å². The molecule has 0 spiro atoms. The van der Waals surface area contributed by atoms with Crippen molar-refractivity contribution in [1.82, 2.24) is 15.2 Å². The van der Waals surface area contributed by atoms with E-state index in [1.54, 1.807) is 18.3 Å². The van der Waals surface area contributed by atoms with Crippen molar-refractivity contribution in [1.29, 1.82) is 0 Å². The van der Waals surface area contributed by atoms with E-state index in [-0.39, 0.29) is 24.0 Å². The van der Waals surface area contributed by atoms with Gasteiger partial charge in [-0.15, -0.1) is 0 Å². The third kappa shape index (κ3) is 4.69. The predicted octanol–water partition coefficient (Wildman–Crippen LogP) is 4.23. The molecule has 0 aliphatic carbocycles. The number of aromatic nitrogens is 1. The fourth-order valence-corrected chi connectivity index (χ4v) is 4.32. The van der Waals surface area contributed by atoms with Crippen LogP contribution < -0.4 is 5.32 Å². The van der Waals surface area contributed by atoms with Gasteiger partial charge in [-0.2, -0.15) is 0 Å². The molecular formula is C23H20ClN3O5S. The molecule has 3 aromatic rings. The Kier molecular flexibility index (Phi) is 6.62. The molecule has 2 aromatic heterocycles. The van der Waals surface area contributed by atoms with Crippen LogP contribution in [0.2, 0.25) is 5.02 Å². The van der Waals surface area contributed by atoms with Crippen LogP contribution >= 0.6 is 23.8 Å². The Labute approximate surface area is 200 Å². The van der Waals surface area contributed by atoms with Crippen molar-refractivity contribution in [3.05, 3.63) is 76.8 Å². The van der Waals surface area contributed by atoms with E-state index in [4.69, 9.17) is 33.0 Å². The molecule has 2 unspecified atom stereocenters. The van der Waals surface area contributed by atoms with Gasteiger partial charge in [0.15, 0.2) is 5.11 Å². The van der Waals surface area contributed by atoms with Gasteiger partial charge in [0.25, 0.3) is 0 Å². The minimum absolute atomic E-state index is 0.0992. The van der Waals surface area contributed by atoms with Crippen LogP contribution in [-0.2, 0) is 9.53 Å². The summed E-state index contributed by atoms with van der Waals surface area (Å²) in [5.74, 6) is -0.428. The summed E-state index contributed by atoms with van der Waals surface area (Å²) in [5, 5.41) is 13.4. The first kappa shape index (κ1) is 22.8. The molecular weight excluding hydrogens is 466 g/mol. The van der Waals surface area contributed by atoms with Gasteiger partial charge in [-0.1, -0.05) is 17.7 Å². The van der Waals surface area contributed by atoms with E-state index >= 15 is 0 Å². The number of carbonyl (C=O) groups excluding carboxylic acids is 1. The lowest BCUT2D eigenvalue weighted by Gasteiger charge is -2.25. The summed E-state index contributed by atoms with van der Waals surface area (Å²) in [6, 6.07) is 12.8. The van der Waals surface area contributed by atoms with E-state index in [0.717, 1.165) is 5.69 Å². The molecule has 8 nitrogen and oxygen atoms in total. The number of nitrogens with zero attached hydrogens (tertiary/aromatic N) is 2. The number of furan rings is 1. The number of nitrogens with one attached hydrogen (secondary N) is 1. The average Bonchev–Trinajstić information content (AvgIpc) is 3.42. The van der Waals surface area contributed by atoms with Crippen molar-refractivity contribution in [2.24, 2.45) is 0 Å². The molecule has 0 bridgehead atoms. The van der Waals surface area contributed by atoms with Gasteiger partial charge < -0.3 is 24.5 Å². The first-order valence-electron chi connectivity index (χ1n) is 10.1.